The molecule has 2 heterocycles. The number of pyridine rings is 1. The maximum atomic E-state index is 11.3. The number of carbonyl (C=O) groups excluding carboxylic acids is 1. The van der Waals surface area contributed by atoms with E-state index in [0.29, 0.717) is 11.4 Å². The molecule has 0 aliphatic carbocycles. The van der Waals surface area contributed by atoms with Crippen molar-refractivity contribution < 1.29 is 9.53 Å². The molecule has 1 aliphatic heterocycles. The molecule has 1 aromatic rings. The van der Waals surface area contributed by atoms with Crippen LogP contribution in [-0.2, 0) is 4.74 Å². The second kappa shape index (κ2) is 4.98. The smallest absolute Gasteiger partial charge is 0.338 e. The molecule has 0 bridgehead atoms. The molecule has 0 unspecified atom stereocenters. The average Bonchev–Trinajstić information content (AvgIpc) is 2.81. The molecule has 84 valence electrons. The molecule has 0 amide bonds. The van der Waals surface area contributed by atoms with Crippen LogP contribution in [0, 0.1) is 0 Å². The van der Waals surface area contributed by atoms with Crippen molar-refractivity contribution in [1.82, 2.24) is 4.98 Å². The first-order valence-corrected chi connectivity index (χ1v) is 5.77. The summed E-state index contributed by atoms with van der Waals surface area (Å²) < 4.78 is 4.63. The molecule has 0 fully saturated rings. The Morgan fingerprint density at radius 3 is 3.19 bits per heavy atom. The Morgan fingerprint density at radius 2 is 2.50 bits per heavy atom. The standard InChI is InChI=1S/C10H11N3O2S/c1-15-9(14)7-2-3-11-8(6-7)13-10-12-4-5-16-10/h2-3,6H,4-5H2,1H3,(H,11,12,13). The fourth-order valence-electron chi connectivity index (χ4n) is 1.26. The van der Waals surface area contributed by atoms with Crippen molar-refractivity contribution in [3.63, 3.8) is 0 Å². The second-order valence-corrected chi connectivity index (χ2v) is 4.17. The summed E-state index contributed by atoms with van der Waals surface area (Å²) in [6, 6.07) is 3.26. The van der Waals surface area contributed by atoms with E-state index < -0.39 is 0 Å². The first kappa shape index (κ1) is 10.9. The van der Waals surface area contributed by atoms with E-state index in [-0.39, 0.29) is 5.97 Å². The van der Waals surface area contributed by atoms with E-state index >= 15 is 0 Å². The number of nitrogens with zero attached hydrogens (tertiary/aromatic N) is 2. The van der Waals surface area contributed by atoms with E-state index in [2.05, 4.69) is 20.0 Å². The van der Waals surface area contributed by atoms with Crippen LogP contribution in [0.15, 0.2) is 23.3 Å². The van der Waals surface area contributed by atoms with Crippen LogP contribution in [0.5, 0.6) is 0 Å². The van der Waals surface area contributed by atoms with E-state index in [1.807, 2.05) is 0 Å². The van der Waals surface area contributed by atoms with Gasteiger partial charge in [0.2, 0.25) is 0 Å². The van der Waals surface area contributed by atoms with Gasteiger partial charge in [-0.15, -0.1) is 0 Å². The molecular formula is C10H11N3O2S. The van der Waals surface area contributed by atoms with Gasteiger partial charge in [0.25, 0.3) is 0 Å². The lowest BCUT2D eigenvalue weighted by Gasteiger charge is -2.05. The molecule has 1 aromatic heterocycles. The number of hydrogen-bond acceptors (Lipinski definition) is 6. The highest BCUT2D eigenvalue weighted by Gasteiger charge is 2.10. The number of esters is 1. The number of nitrogens with one attached hydrogen (secondary N) is 1. The minimum absolute atomic E-state index is 0.369. The maximum Gasteiger partial charge on any atom is 0.338 e. The SMILES string of the molecule is COC(=O)c1ccnc(NC2=NCCS2)c1. The number of amidine groups is 1. The van der Waals surface area contributed by atoms with Crippen molar-refractivity contribution in [2.75, 3.05) is 24.7 Å². The Kier molecular flexibility index (Phi) is 3.40. The molecule has 16 heavy (non-hydrogen) atoms. The van der Waals surface area contributed by atoms with Gasteiger partial charge < -0.3 is 10.1 Å². The predicted octanol–water partition coefficient (Wildman–Crippen LogP) is 1.38. The zero-order chi connectivity index (χ0) is 11.4. The Morgan fingerprint density at radius 1 is 1.62 bits per heavy atom. The van der Waals surface area contributed by atoms with Gasteiger partial charge >= 0.3 is 5.97 Å². The van der Waals surface area contributed by atoms with E-state index in [1.54, 1.807) is 30.1 Å². The van der Waals surface area contributed by atoms with Gasteiger partial charge in [-0.2, -0.15) is 0 Å². The summed E-state index contributed by atoms with van der Waals surface area (Å²) in [6.45, 7) is 0.823. The lowest BCUT2D eigenvalue weighted by Crippen LogP contribution is -2.08. The van der Waals surface area contributed by atoms with E-state index in [9.17, 15) is 4.79 Å². The van der Waals surface area contributed by atoms with Crippen LogP contribution in [0.4, 0.5) is 5.82 Å². The third kappa shape index (κ3) is 2.52. The van der Waals surface area contributed by atoms with Gasteiger partial charge in [0.1, 0.15) is 5.82 Å². The lowest BCUT2D eigenvalue weighted by atomic mass is 10.2. The molecule has 0 saturated carbocycles. The van der Waals surface area contributed by atoms with Crippen molar-refractivity contribution in [2.45, 2.75) is 0 Å². The largest absolute Gasteiger partial charge is 0.465 e. The van der Waals surface area contributed by atoms with Crippen molar-refractivity contribution in [3.8, 4) is 0 Å². The number of anilines is 1. The minimum atomic E-state index is -0.369. The molecule has 0 spiro atoms. The van der Waals surface area contributed by atoms with Gasteiger partial charge in [-0.25, -0.2) is 9.78 Å². The quantitative estimate of drug-likeness (QED) is 0.787. The average molecular weight is 237 g/mol. The first-order chi connectivity index (χ1) is 7.79. The highest BCUT2D eigenvalue weighted by atomic mass is 32.2. The van der Waals surface area contributed by atoms with Crippen LogP contribution >= 0.6 is 11.8 Å². The van der Waals surface area contributed by atoms with Crippen LogP contribution in [-0.4, -0.2) is 35.5 Å². The fraction of sp³-hybridized carbons (Fsp3) is 0.300. The molecule has 5 nitrogen and oxygen atoms in total. The maximum absolute atomic E-state index is 11.3. The Balaban J connectivity index is 2.12. The molecule has 1 aliphatic rings. The van der Waals surface area contributed by atoms with Crippen LogP contribution in [0.2, 0.25) is 0 Å². The zero-order valence-corrected chi connectivity index (χ0v) is 9.58. The number of carbonyl (C=O) groups is 1. The molecule has 2 rings (SSSR count). The first-order valence-electron chi connectivity index (χ1n) is 4.78. The van der Waals surface area contributed by atoms with Crippen molar-refractivity contribution in [3.05, 3.63) is 23.9 Å². The Hall–Kier alpha value is -1.56. The second-order valence-electron chi connectivity index (χ2n) is 3.08. The van der Waals surface area contributed by atoms with Gasteiger partial charge in [0.05, 0.1) is 19.2 Å². The zero-order valence-electron chi connectivity index (χ0n) is 8.77. The fourth-order valence-corrected chi connectivity index (χ4v) is 2.00. The molecule has 0 atom stereocenters. The summed E-state index contributed by atoms with van der Waals surface area (Å²) in [5.41, 5.74) is 0.476. The summed E-state index contributed by atoms with van der Waals surface area (Å²) in [5, 5.41) is 3.90. The van der Waals surface area contributed by atoms with Crippen LogP contribution in [0.1, 0.15) is 10.4 Å². The molecule has 0 radical (unpaired) electrons. The molecular weight excluding hydrogens is 226 g/mol. The number of ether oxygens (including phenoxy) is 1. The number of aliphatic imine (C=N–C) groups is 1. The van der Waals surface area contributed by atoms with Gasteiger partial charge in [0, 0.05) is 11.9 Å². The third-order valence-corrected chi connectivity index (χ3v) is 2.89. The number of thioether (sulfide) groups is 1. The van der Waals surface area contributed by atoms with Gasteiger partial charge in [-0.1, -0.05) is 11.8 Å². The highest BCUT2D eigenvalue weighted by molar-refractivity contribution is 8.14. The van der Waals surface area contributed by atoms with Gasteiger partial charge in [-0.3, -0.25) is 4.99 Å². The van der Waals surface area contributed by atoms with E-state index in [1.165, 1.54) is 7.11 Å². The van der Waals surface area contributed by atoms with E-state index in [4.69, 9.17) is 0 Å². The minimum Gasteiger partial charge on any atom is -0.465 e. The summed E-state index contributed by atoms with van der Waals surface area (Å²) in [4.78, 5) is 19.6. The number of rotatable bonds is 2. The highest BCUT2D eigenvalue weighted by Crippen LogP contribution is 2.15. The number of aromatic nitrogens is 1. The number of hydrogen-bond donors (Lipinski definition) is 1. The lowest BCUT2D eigenvalue weighted by molar-refractivity contribution is 0.0600. The normalized spacial score (nSPS) is 14.4. The Labute approximate surface area is 97.3 Å². The monoisotopic (exact) mass is 237 g/mol. The predicted molar refractivity (Wildman–Crippen MR) is 64.0 cm³/mol. The van der Waals surface area contributed by atoms with Crippen molar-refractivity contribution in [1.29, 1.82) is 0 Å². The number of methoxy groups -OCH3 is 1. The van der Waals surface area contributed by atoms with Crippen LogP contribution in [0.3, 0.4) is 0 Å². The van der Waals surface area contributed by atoms with E-state index in [0.717, 1.165) is 17.5 Å². The molecule has 0 saturated heterocycles. The summed E-state index contributed by atoms with van der Waals surface area (Å²) in [7, 11) is 1.35. The summed E-state index contributed by atoms with van der Waals surface area (Å²) >= 11 is 1.64. The van der Waals surface area contributed by atoms with Crippen LogP contribution in [0.25, 0.3) is 0 Å². The summed E-state index contributed by atoms with van der Waals surface area (Å²) in [6.07, 6.45) is 1.56. The summed E-state index contributed by atoms with van der Waals surface area (Å²) in [5.74, 6) is 1.22. The van der Waals surface area contributed by atoms with Gasteiger partial charge in [-0.05, 0) is 12.1 Å². The molecule has 6 heteroatoms. The van der Waals surface area contributed by atoms with Gasteiger partial charge in [0.15, 0.2) is 5.17 Å². The molecule has 1 N–H and O–H groups in total. The Bertz CT molecular complexity index is 434. The topological polar surface area (TPSA) is 63.6 Å². The van der Waals surface area contributed by atoms with Crippen LogP contribution < -0.4 is 5.32 Å². The van der Waals surface area contributed by atoms with Crippen molar-refractivity contribution >= 4 is 28.7 Å². The third-order valence-electron chi connectivity index (χ3n) is 2.00. The van der Waals surface area contributed by atoms with Crippen molar-refractivity contribution in [2.24, 2.45) is 4.99 Å². The molecule has 0 aromatic carbocycles.